The maximum absolute atomic E-state index is 10.4. The Balaban J connectivity index is 1.89. The van der Waals surface area contributed by atoms with Crippen molar-refractivity contribution in [3.63, 3.8) is 0 Å². The van der Waals surface area contributed by atoms with Crippen LogP contribution in [0.15, 0.2) is 30.3 Å². The molecule has 0 amide bonds. The van der Waals surface area contributed by atoms with Crippen molar-refractivity contribution in [1.29, 1.82) is 0 Å². The van der Waals surface area contributed by atoms with E-state index in [0.29, 0.717) is 5.75 Å². The number of unbranched alkanes of at least 4 members (excludes halogenated alkanes) is 1. The van der Waals surface area contributed by atoms with E-state index in [2.05, 4.69) is 56.0 Å². The predicted octanol–water partition coefficient (Wildman–Crippen LogP) is 5.71. The van der Waals surface area contributed by atoms with Crippen LogP contribution < -0.4 is 9.64 Å². The molecule has 0 saturated heterocycles. The summed E-state index contributed by atoms with van der Waals surface area (Å²) in [5.74, 6) is 1.41. The molecular weight excluding hydrogens is 334 g/mol. The van der Waals surface area contributed by atoms with E-state index in [-0.39, 0.29) is 5.60 Å². The minimum atomic E-state index is -0.239. The summed E-state index contributed by atoms with van der Waals surface area (Å²) in [5.41, 5.74) is 5.17. The maximum Gasteiger partial charge on any atom is 0.127 e. The third-order valence-corrected chi connectivity index (χ3v) is 6.02. The number of fused-ring (bicyclic) bond motifs is 1. The molecule has 0 aromatic heterocycles. The number of rotatable bonds is 6. The SMILES string of the molecule is CCCCN(CC1(C)CCc2c(C)c(O)c(C)c(C)c2O1)c1ccccc1. The molecule has 3 nitrogen and oxygen atoms in total. The van der Waals surface area contributed by atoms with Crippen molar-refractivity contribution in [3.05, 3.63) is 52.6 Å². The molecule has 1 aliphatic rings. The zero-order valence-corrected chi connectivity index (χ0v) is 17.4. The minimum absolute atomic E-state index is 0.239. The van der Waals surface area contributed by atoms with Gasteiger partial charge in [0.15, 0.2) is 0 Å². The van der Waals surface area contributed by atoms with Crippen LogP contribution in [0.4, 0.5) is 5.69 Å². The van der Waals surface area contributed by atoms with Gasteiger partial charge in [-0.25, -0.2) is 0 Å². The van der Waals surface area contributed by atoms with Crippen LogP contribution in [0.3, 0.4) is 0 Å². The summed E-state index contributed by atoms with van der Waals surface area (Å²) in [7, 11) is 0. The Morgan fingerprint density at radius 2 is 1.78 bits per heavy atom. The van der Waals surface area contributed by atoms with Crippen LogP contribution in [0, 0.1) is 20.8 Å². The normalized spacial score (nSPS) is 18.7. The summed E-state index contributed by atoms with van der Waals surface area (Å²) in [5, 5.41) is 10.4. The highest BCUT2D eigenvalue weighted by Gasteiger charge is 2.36. The fourth-order valence-corrected chi connectivity index (χ4v) is 4.10. The van der Waals surface area contributed by atoms with Crippen molar-refractivity contribution in [1.82, 2.24) is 0 Å². The van der Waals surface area contributed by atoms with Gasteiger partial charge in [0.25, 0.3) is 0 Å². The topological polar surface area (TPSA) is 32.7 Å². The van der Waals surface area contributed by atoms with Gasteiger partial charge < -0.3 is 14.7 Å². The maximum atomic E-state index is 10.4. The van der Waals surface area contributed by atoms with Gasteiger partial charge in [-0.05, 0) is 75.8 Å². The van der Waals surface area contributed by atoms with E-state index in [1.807, 2.05) is 13.8 Å². The fourth-order valence-electron chi connectivity index (χ4n) is 4.10. The molecule has 1 N–H and O–H groups in total. The van der Waals surface area contributed by atoms with E-state index < -0.39 is 0 Å². The fraction of sp³-hybridized carbons (Fsp3) is 0.500. The van der Waals surface area contributed by atoms with Crippen molar-refractivity contribution in [2.24, 2.45) is 0 Å². The summed E-state index contributed by atoms with van der Waals surface area (Å²) in [4.78, 5) is 2.46. The minimum Gasteiger partial charge on any atom is -0.507 e. The molecule has 0 aliphatic carbocycles. The van der Waals surface area contributed by atoms with E-state index >= 15 is 0 Å². The lowest BCUT2D eigenvalue weighted by Gasteiger charge is -2.41. The van der Waals surface area contributed by atoms with Gasteiger partial charge in [-0.15, -0.1) is 0 Å². The molecule has 27 heavy (non-hydrogen) atoms. The second-order valence-electron chi connectivity index (χ2n) is 8.19. The molecule has 1 aliphatic heterocycles. The molecule has 1 atom stereocenters. The van der Waals surface area contributed by atoms with E-state index in [4.69, 9.17) is 4.74 Å². The highest BCUT2D eigenvalue weighted by Crippen LogP contribution is 2.43. The molecule has 1 unspecified atom stereocenters. The Morgan fingerprint density at radius 1 is 1.07 bits per heavy atom. The van der Waals surface area contributed by atoms with E-state index in [1.54, 1.807) is 0 Å². The molecule has 146 valence electrons. The van der Waals surface area contributed by atoms with Gasteiger partial charge in [-0.2, -0.15) is 0 Å². The van der Waals surface area contributed by atoms with Crippen LogP contribution in [0.2, 0.25) is 0 Å². The van der Waals surface area contributed by atoms with Gasteiger partial charge in [0.1, 0.15) is 17.1 Å². The van der Waals surface area contributed by atoms with Crippen molar-refractivity contribution in [3.8, 4) is 11.5 Å². The molecular formula is C24H33NO2. The highest BCUT2D eigenvalue weighted by molar-refractivity contribution is 5.58. The van der Waals surface area contributed by atoms with Gasteiger partial charge in [-0.1, -0.05) is 31.5 Å². The zero-order valence-electron chi connectivity index (χ0n) is 17.4. The first-order chi connectivity index (χ1) is 12.9. The summed E-state index contributed by atoms with van der Waals surface area (Å²) < 4.78 is 6.65. The van der Waals surface area contributed by atoms with Crippen LogP contribution >= 0.6 is 0 Å². The number of hydrogen-bond donors (Lipinski definition) is 1. The number of phenols is 1. The number of para-hydroxylation sites is 1. The molecule has 2 aromatic rings. The van der Waals surface area contributed by atoms with Crippen molar-refractivity contribution >= 4 is 5.69 Å². The second kappa shape index (κ2) is 7.84. The lowest BCUT2D eigenvalue weighted by atomic mass is 9.86. The Hall–Kier alpha value is -2.16. The van der Waals surface area contributed by atoms with Crippen molar-refractivity contribution in [2.75, 3.05) is 18.0 Å². The van der Waals surface area contributed by atoms with Crippen LogP contribution in [-0.4, -0.2) is 23.8 Å². The number of hydrogen-bond acceptors (Lipinski definition) is 3. The number of nitrogens with zero attached hydrogens (tertiary/aromatic N) is 1. The molecule has 0 saturated carbocycles. The Kier molecular flexibility index (Phi) is 5.69. The average Bonchev–Trinajstić information content (AvgIpc) is 2.68. The Bertz CT molecular complexity index is 800. The standard InChI is InChI=1S/C24H33NO2/c1-6-7-15-25(20-11-9-8-10-12-20)16-24(5)14-13-21-19(4)22(26)17(2)18(3)23(21)27-24/h8-12,26H,6-7,13-16H2,1-5H3. The number of ether oxygens (including phenoxy) is 1. The number of benzene rings is 2. The van der Waals surface area contributed by atoms with Gasteiger partial charge in [0, 0.05) is 17.8 Å². The third kappa shape index (κ3) is 3.92. The first-order valence-electron chi connectivity index (χ1n) is 10.2. The molecule has 2 aromatic carbocycles. The van der Waals surface area contributed by atoms with Gasteiger partial charge in [-0.3, -0.25) is 0 Å². The third-order valence-electron chi connectivity index (χ3n) is 6.02. The molecule has 0 bridgehead atoms. The van der Waals surface area contributed by atoms with Crippen LogP contribution in [0.25, 0.3) is 0 Å². The molecule has 0 spiro atoms. The van der Waals surface area contributed by atoms with Gasteiger partial charge in [0.05, 0.1) is 6.54 Å². The lowest BCUT2D eigenvalue weighted by Crippen LogP contribution is -2.48. The van der Waals surface area contributed by atoms with Crippen molar-refractivity contribution in [2.45, 2.75) is 65.9 Å². The van der Waals surface area contributed by atoms with Crippen LogP contribution in [-0.2, 0) is 6.42 Å². The quantitative estimate of drug-likeness (QED) is 0.710. The monoisotopic (exact) mass is 367 g/mol. The lowest BCUT2D eigenvalue weighted by molar-refractivity contribution is 0.0701. The molecule has 0 fully saturated rings. The molecule has 0 radical (unpaired) electrons. The number of phenolic OH excluding ortho intramolecular Hbond substituents is 1. The van der Waals surface area contributed by atoms with Crippen molar-refractivity contribution < 1.29 is 9.84 Å². The zero-order chi connectivity index (χ0) is 19.6. The summed E-state index contributed by atoms with van der Waals surface area (Å²) in [6.45, 7) is 12.4. The summed E-state index contributed by atoms with van der Waals surface area (Å²) in [6.07, 6.45) is 4.26. The first kappa shape index (κ1) is 19.6. The summed E-state index contributed by atoms with van der Waals surface area (Å²) >= 11 is 0. The van der Waals surface area contributed by atoms with Gasteiger partial charge >= 0.3 is 0 Å². The Labute approximate surface area is 164 Å². The molecule has 1 heterocycles. The second-order valence-corrected chi connectivity index (χ2v) is 8.19. The number of aromatic hydroxyl groups is 1. The summed E-state index contributed by atoms with van der Waals surface area (Å²) in [6, 6.07) is 10.7. The molecule has 3 rings (SSSR count). The predicted molar refractivity (Wildman–Crippen MR) is 113 cm³/mol. The first-order valence-corrected chi connectivity index (χ1v) is 10.2. The smallest absolute Gasteiger partial charge is 0.127 e. The van der Waals surface area contributed by atoms with Crippen LogP contribution in [0.1, 0.15) is 55.4 Å². The Morgan fingerprint density at radius 3 is 2.44 bits per heavy atom. The van der Waals surface area contributed by atoms with Crippen LogP contribution in [0.5, 0.6) is 11.5 Å². The largest absolute Gasteiger partial charge is 0.507 e. The van der Waals surface area contributed by atoms with E-state index in [0.717, 1.165) is 48.4 Å². The van der Waals surface area contributed by atoms with E-state index in [9.17, 15) is 5.11 Å². The number of anilines is 1. The van der Waals surface area contributed by atoms with Gasteiger partial charge in [0.2, 0.25) is 0 Å². The van der Waals surface area contributed by atoms with E-state index in [1.165, 1.54) is 24.1 Å². The average molecular weight is 368 g/mol. The highest BCUT2D eigenvalue weighted by atomic mass is 16.5. The molecule has 3 heteroatoms.